The largest absolute Gasteiger partial charge is 0.481 e. The van der Waals surface area contributed by atoms with Crippen LogP contribution in [0.3, 0.4) is 0 Å². The zero-order chi connectivity index (χ0) is 15.3. The van der Waals surface area contributed by atoms with E-state index in [1.165, 1.54) is 17.0 Å². The molecule has 0 aliphatic rings. The van der Waals surface area contributed by atoms with Gasteiger partial charge >= 0.3 is 0 Å². The van der Waals surface area contributed by atoms with E-state index in [4.69, 9.17) is 10.5 Å². The van der Waals surface area contributed by atoms with Crippen LogP contribution in [0.2, 0.25) is 0 Å². The number of halogens is 1. The maximum absolute atomic E-state index is 13.4. The van der Waals surface area contributed by atoms with E-state index in [1.807, 2.05) is 6.92 Å². The Morgan fingerprint density at radius 1 is 1.45 bits per heavy atom. The number of nitrogens with two attached hydrogens (primary N) is 1. The van der Waals surface area contributed by atoms with Gasteiger partial charge in [0.25, 0.3) is 5.91 Å². The van der Waals surface area contributed by atoms with Crippen molar-refractivity contribution in [2.75, 3.05) is 14.1 Å². The van der Waals surface area contributed by atoms with E-state index in [2.05, 4.69) is 0 Å². The van der Waals surface area contributed by atoms with Gasteiger partial charge in [-0.2, -0.15) is 0 Å². The molecule has 1 aromatic carbocycles. The molecule has 0 saturated heterocycles. The van der Waals surface area contributed by atoms with Crippen LogP contribution in [0.4, 0.5) is 4.39 Å². The number of nitrogens with zero attached hydrogens (tertiary/aromatic N) is 1. The van der Waals surface area contributed by atoms with Crippen molar-refractivity contribution in [3.8, 4) is 5.75 Å². The van der Waals surface area contributed by atoms with Crippen molar-refractivity contribution in [2.45, 2.75) is 38.8 Å². The van der Waals surface area contributed by atoms with Crippen LogP contribution in [0.5, 0.6) is 5.75 Å². The van der Waals surface area contributed by atoms with E-state index in [0.29, 0.717) is 17.7 Å². The first-order valence-electron chi connectivity index (χ1n) is 6.77. The molecule has 0 fully saturated rings. The second-order valence-electron chi connectivity index (χ2n) is 5.12. The van der Waals surface area contributed by atoms with Crippen LogP contribution in [0, 0.1) is 5.82 Å². The Hall–Kier alpha value is -1.62. The molecule has 1 amide bonds. The number of hydrogen-bond donors (Lipinski definition) is 1. The lowest BCUT2D eigenvalue weighted by Crippen LogP contribution is -2.35. The van der Waals surface area contributed by atoms with Crippen molar-refractivity contribution in [3.05, 3.63) is 29.6 Å². The fourth-order valence-electron chi connectivity index (χ4n) is 1.85. The quantitative estimate of drug-likeness (QED) is 0.867. The lowest BCUT2D eigenvalue weighted by atomic mass is 10.0. The van der Waals surface area contributed by atoms with E-state index < -0.39 is 6.10 Å². The molecular weight excluding hydrogens is 259 g/mol. The predicted molar refractivity (Wildman–Crippen MR) is 77.2 cm³/mol. The molecule has 2 unspecified atom stereocenters. The van der Waals surface area contributed by atoms with Crippen molar-refractivity contribution >= 4 is 5.91 Å². The number of rotatable bonds is 6. The highest BCUT2D eigenvalue weighted by Gasteiger charge is 2.18. The molecule has 1 aromatic rings. The average molecular weight is 282 g/mol. The van der Waals surface area contributed by atoms with E-state index in [-0.39, 0.29) is 17.8 Å². The summed E-state index contributed by atoms with van der Waals surface area (Å²) in [6, 6.07) is 4.23. The van der Waals surface area contributed by atoms with Gasteiger partial charge in [-0.15, -0.1) is 0 Å². The standard InChI is InChI=1S/C15H23FN2O2/c1-5-13(17)9-11-8-12(16)6-7-14(11)20-10(2)15(19)18(3)4/h6-8,10,13H,5,9,17H2,1-4H3. The predicted octanol–water partition coefficient (Wildman–Crippen LogP) is 1.96. The van der Waals surface area contributed by atoms with Gasteiger partial charge in [0.15, 0.2) is 6.10 Å². The van der Waals surface area contributed by atoms with Gasteiger partial charge in [0.2, 0.25) is 0 Å². The highest BCUT2D eigenvalue weighted by atomic mass is 19.1. The number of amides is 1. The molecule has 2 N–H and O–H groups in total. The molecule has 0 bridgehead atoms. The molecule has 0 heterocycles. The highest BCUT2D eigenvalue weighted by Crippen LogP contribution is 2.23. The Balaban J connectivity index is 2.91. The summed E-state index contributed by atoms with van der Waals surface area (Å²) in [6.07, 6.45) is 0.696. The number of carbonyl (C=O) groups excluding carboxylic acids is 1. The molecule has 2 atom stereocenters. The van der Waals surface area contributed by atoms with Crippen LogP contribution in [0.15, 0.2) is 18.2 Å². The first-order valence-corrected chi connectivity index (χ1v) is 6.77. The first kappa shape index (κ1) is 16.4. The third-order valence-corrected chi connectivity index (χ3v) is 3.12. The van der Waals surface area contributed by atoms with E-state index in [0.717, 1.165) is 6.42 Å². The van der Waals surface area contributed by atoms with Crippen LogP contribution >= 0.6 is 0 Å². The minimum absolute atomic E-state index is 0.0565. The molecule has 0 aromatic heterocycles. The van der Waals surface area contributed by atoms with Gasteiger partial charge in [0.1, 0.15) is 11.6 Å². The smallest absolute Gasteiger partial charge is 0.262 e. The fraction of sp³-hybridized carbons (Fsp3) is 0.533. The molecule has 112 valence electrons. The highest BCUT2D eigenvalue weighted by molar-refractivity contribution is 5.80. The zero-order valence-corrected chi connectivity index (χ0v) is 12.5. The van der Waals surface area contributed by atoms with Crippen molar-refractivity contribution in [3.63, 3.8) is 0 Å². The van der Waals surface area contributed by atoms with Crippen LogP contribution in [-0.4, -0.2) is 37.0 Å². The summed E-state index contributed by atoms with van der Waals surface area (Å²) in [5.74, 6) is 0.0420. The summed E-state index contributed by atoms with van der Waals surface area (Å²) in [6.45, 7) is 3.65. The topological polar surface area (TPSA) is 55.6 Å². The number of carbonyl (C=O) groups is 1. The molecular formula is C15H23FN2O2. The van der Waals surface area contributed by atoms with Crippen molar-refractivity contribution < 1.29 is 13.9 Å². The average Bonchev–Trinajstić information content (AvgIpc) is 2.40. The fourth-order valence-corrected chi connectivity index (χ4v) is 1.85. The molecule has 0 saturated carbocycles. The van der Waals surface area contributed by atoms with Crippen LogP contribution < -0.4 is 10.5 Å². The Labute approximate surface area is 119 Å². The van der Waals surface area contributed by atoms with Crippen molar-refractivity contribution in [1.82, 2.24) is 4.90 Å². The monoisotopic (exact) mass is 282 g/mol. The van der Waals surface area contributed by atoms with Gasteiger partial charge in [0.05, 0.1) is 0 Å². The van der Waals surface area contributed by atoms with Crippen molar-refractivity contribution in [2.24, 2.45) is 5.73 Å². The number of ether oxygens (including phenoxy) is 1. The summed E-state index contributed by atoms with van der Waals surface area (Å²) in [5, 5.41) is 0. The summed E-state index contributed by atoms with van der Waals surface area (Å²) in [5.41, 5.74) is 6.60. The lowest BCUT2D eigenvalue weighted by molar-refractivity contribution is -0.135. The normalized spacial score (nSPS) is 13.7. The van der Waals surface area contributed by atoms with Crippen LogP contribution in [-0.2, 0) is 11.2 Å². The van der Waals surface area contributed by atoms with Crippen LogP contribution in [0.25, 0.3) is 0 Å². The Morgan fingerprint density at radius 2 is 2.10 bits per heavy atom. The molecule has 4 nitrogen and oxygen atoms in total. The number of hydrogen-bond acceptors (Lipinski definition) is 3. The van der Waals surface area contributed by atoms with Gasteiger partial charge in [-0.1, -0.05) is 6.92 Å². The SMILES string of the molecule is CCC(N)Cc1cc(F)ccc1OC(C)C(=O)N(C)C. The second kappa shape index (κ2) is 7.24. The molecule has 0 aliphatic heterocycles. The minimum Gasteiger partial charge on any atom is -0.481 e. The van der Waals surface area contributed by atoms with E-state index in [1.54, 1.807) is 27.1 Å². The maximum atomic E-state index is 13.4. The molecule has 20 heavy (non-hydrogen) atoms. The summed E-state index contributed by atoms with van der Waals surface area (Å²) in [7, 11) is 3.33. The van der Waals surface area contributed by atoms with E-state index >= 15 is 0 Å². The second-order valence-corrected chi connectivity index (χ2v) is 5.12. The molecule has 0 spiro atoms. The van der Waals surface area contributed by atoms with Gasteiger partial charge in [-0.05, 0) is 43.5 Å². The molecule has 0 aliphatic carbocycles. The summed E-state index contributed by atoms with van der Waals surface area (Å²) >= 11 is 0. The Bertz CT molecular complexity index is 463. The van der Waals surface area contributed by atoms with Gasteiger partial charge < -0.3 is 15.4 Å². The van der Waals surface area contributed by atoms with Gasteiger partial charge in [-0.3, -0.25) is 4.79 Å². The Kier molecular flexibility index (Phi) is 5.95. The number of likely N-dealkylation sites (N-methyl/N-ethyl adjacent to an activating group) is 1. The molecule has 0 radical (unpaired) electrons. The third-order valence-electron chi connectivity index (χ3n) is 3.12. The summed E-state index contributed by atoms with van der Waals surface area (Å²) in [4.78, 5) is 13.3. The third kappa shape index (κ3) is 4.49. The minimum atomic E-state index is -0.618. The summed E-state index contributed by atoms with van der Waals surface area (Å²) < 4.78 is 19.0. The number of benzene rings is 1. The molecule has 1 rings (SSSR count). The van der Waals surface area contributed by atoms with Gasteiger partial charge in [0, 0.05) is 20.1 Å². The first-order chi connectivity index (χ1) is 9.35. The van der Waals surface area contributed by atoms with Crippen molar-refractivity contribution in [1.29, 1.82) is 0 Å². The Morgan fingerprint density at radius 3 is 2.65 bits per heavy atom. The van der Waals surface area contributed by atoms with Crippen LogP contribution in [0.1, 0.15) is 25.8 Å². The van der Waals surface area contributed by atoms with E-state index in [9.17, 15) is 9.18 Å². The van der Waals surface area contributed by atoms with Gasteiger partial charge in [-0.25, -0.2) is 4.39 Å². The zero-order valence-electron chi connectivity index (χ0n) is 12.5. The maximum Gasteiger partial charge on any atom is 0.262 e. The molecule has 5 heteroatoms. The lowest BCUT2D eigenvalue weighted by Gasteiger charge is -2.21.